The first-order valence-corrected chi connectivity index (χ1v) is 10.7. The first kappa shape index (κ1) is 21.7. The number of pyridine rings is 3. The van der Waals surface area contributed by atoms with E-state index in [0.717, 1.165) is 44.8 Å². The third kappa shape index (κ3) is 4.70. The van der Waals surface area contributed by atoms with Crippen LogP contribution in [0.1, 0.15) is 44.3 Å². The van der Waals surface area contributed by atoms with E-state index < -0.39 is 0 Å². The molecule has 6 nitrogen and oxygen atoms in total. The fourth-order valence-corrected chi connectivity index (χ4v) is 4.04. The highest BCUT2D eigenvalue weighted by atomic mass is 35.5. The molecule has 4 aromatic rings. The largest absolute Gasteiger partial charge is 0.384 e. The van der Waals surface area contributed by atoms with E-state index in [4.69, 9.17) is 17.3 Å². The van der Waals surface area contributed by atoms with Gasteiger partial charge >= 0.3 is 0 Å². The molecule has 0 aliphatic rings. The number of nitrogen functional groups attached to an aromatic ring is 1. The Morgan fingerprint density at radius 2 is 1.81 bits per heavy atom. The second-order valence-electron chi connectivity index (χ2n) is 7.89. The molecule has 3 heterocycles. The molecule has 0 aliphatic heterocycles. The van der Waals surface area contributed by atoms with Crippen LogP contribution < -0.4 is 11.1 Å². The summed E-state index contributed by atoms with van der Waals surface area (Å²) in [5.41, 5.74) is 12.2. The highest BCUT2D eigenvalue weighted by Gasteiger charge is 2.13. The van der Waals surface area contributed by atoms with Crippen LogP contribution in [0.2, 0.25) is 5.02 Å². The number of nitrogens with two attached hydrogens (primary N) is 1. The Balaban J connectivity index is 1.55. The molecule has 3 aromatic heterocycles. The van der Waals surface area contributed by atoms with Gasteiger partial charge in [0.2, 0.25) is 0 Å². The highest BCUT2D eigenvalue weighted by Crippen LogP contribution is 2.23. The molecule has 0 unspecified atom stereocenters. The Hall–Kier alpha value is -3.51. The number of anilines is 1. The van der Waals surface area contributed by atoms with Crippen LogP contribution in [0.3, 0.4) is 0 Å². The maximum atomic E-state index is 12.9. The molecule has 162 valence electrons. The zero-order valence-electron chi connectivity index (χ0n) is 18.2. The zero-order chi connectivity index (χ0) is 22.8. The summed E-state index contributed by atoms with van der Waals surface area (Å²) in [4.78, 5) is 26.4. The number of rotatable bonds is 5. The molecule has 1 aromatic carbocycles. The van der Waals surface area contributed by atoms with Crippen molar-refractivity contribution in [3.8, 4) is 0 Å². The predicted octanol–water partition coefficient (Wildman–Crippen LogP) is 4.71. The average molecular weight is 446 g/mol. The maximum absolute atomic E-state index is 12.9. The number of aryl methyl sites for hydroxylation is 3. The lowest BCUT2D eigenvalue weighted by atomic mass is 10.1. The molecule has 3 N–H and O–H groups in total. The van der Waals surface area contributed by atoms with Gasteiger partial charge in [-0.3, -0.25) is 14.8 Å². The zero-order valence-corrected chi connectivity index (χ0v) is 19.0. The van der Waals surface area contributed by atoms with Gasteiger partial charge in [0.25, 0.3) is 5.91 Å². The fourth-order valence-electron chi connectivity index (χ4n) is 3.81. The summed E-state index contributed by atoms with van der Waals surface area (Å²) in [5, 5.41) is 4.55. The Morgan fingerprint density at radius 3 is 2.59 bits per heavy atom. The number of amides is 1. The standard InChI is InChI=1S/C25H24ClN5O/c1-14-8-24(27)30-16(3)20(14)13-28-25(32)18-9-15(2)29-19(10-18)12-23-21(26)11-17-6-4-5-7-22(17)31-23/h4-11H,12-13H2,1-3H3,(H2,27,30)(H,28,32). The van der Waals surface area contributed by atoms with Crippen molar-refractivity contribution < 1.29 is 4.79 Å². The Morgan fingerprint density at radius 1 is 1.03 bits per heavy atom. The number of halogens is 1. The van der Waals surface area contributed by atoms with Crippen molar-refractivity contribution in [2.45, 2.75) is 33.7 Å². The summed E-state index contributed by atoms with van der Waals surface area (Å²) < 4.78 is 0. The molecule has 0 bridgehead atoms. The average Bonchev–Trinajstić information content (AvgIpc) is 2.73. The molecule has 32 heavy (non-hydrogen) atoms. The van der Waals surface area contributed by atoms with E-state index in [-0.39, 0.29) is 5.91 Å². The van der Waals surface area contributed by atoms with Gasteiger partial charge in [-0.25, -0.2) is 4.98 Å². The van der Waals surface area contributed by atoms with Gasteiger partial charge < -0.3 is 11.1 Å². The van der Waals surface area contributed by atoms with Gasteiger partial charge in [0.05, 0.1) is 16.2 Å². The molecule has 0 spiro atoms. The number of benzene rings is 1. The van der Waals surface area contributed by atoms with Crippen molar-refractivity contribution in [3.05, 3.63) is 93.0 Å². The first-order chi connectivity index (χ1) is 15.3. The second kappa shape index (κ2) is 8.93. The van der Waals surface area contributed by atoms with Gasteiger partial charge in [0, 0.05) is 41.0 Å². The molecular weight excluding hydrogens is 422 g/mol. The van der Waals surface area contributed by atoms with Crippen molar-refractivity contribution in [2.24, 2.45) is 0 Å². The minimum atomic E-state index is -0.176. The Kier molecular flexibility index (Phi) is 6.06. The molecule has 1 amide bonds. The van der Waals surface area contributed by atoms with E-state index in [0.29, 0.717) is 29.4 Å². The van der Waals surface area contributed by atoms with Gasteiger partial charge in [-0.2, -0.15) is 0 Å². The summed E-state index contributed by atoms with van der Waals surface area (Å²) in [7, 11) is 0. The van der Waals surface area contributed by atoms with Crippen LogP contribution in [0.15, 0.2) is 48.5 Å². The van der Waals surface area contributed by atoms with Crippen LogP contribution in [0.5, 0.6) is 0 Å². The van der Waals surface area contributed by atoms with Crippen molar-refractivity contribution in [1.82, 2.24) is 20.3 Å². The van der Waals surface area contributed by atoms with Crippen LogP contribution in [-0.2, 0) is 13.0 Å². The Bertz CT molecular complexity index is 1310. The van der Waals surface area contributed by atoms with Crippen molar-refractivity contribution >= 4 is 34.2 Å². The summed E-state index contributed by atoms with van der Waals surface area (Å²) >= 11 is 6.47. The molecular formula is C25H24ClN5O. The van der Waals surface area contributed by atoms with Crippen LogP contribution >= 0.6 is 11.6 Å². The van der Waals surface area contributed by atoms with Gasteiger partial charge in [0.1, 0.15) is 5.82 Å². The molecule has 4 rings (SSSR count). The molecule has 0 radical (unpaired) electrons. The predicted molar refractivity (Wildman–Crippen MR) is 128 cm³/mol. The van der Waals surface area contributed by atoms with Crippen LogP contribution in [-0.4, -0.2) is 20.9 Å². The van der Waals surface area contributed by atoms with Crippen LogP contribution in [0, 0.1) is 20.8 Å². The van der Waals surface area contributed by atoms with E-state index >= 15 is 0 Å². The normalized spacial score (nSPS) is 11.0. The van der Waals surface area contributed by atoms with Gasteiger partial charge in [-0.05, 0) is 62.2 Å². The number of carbonyl (C=O) groups is 1. The quantitative estimate of drug-likeness (QED) is 0.464. The molecule has 0 saturated heterocycles. The molecule has 0 saturated carbocycles. The fraction of sp³-hybridized carbons (Fsp3) is 0.200. The minimum absolute atomic E-state index is 0.176. The molecule has 0 fully saturated rings. The number of nitrogens with one attached hydrogen (secondary N) is 1. The summed E-state index contributed by atoms with van der Waals surface area (Å²) in [5.74, 6) is 0.301. The van der Waals surface area contributed by atoms with E-state index in [1.807, 2.05) is 57.2 Å². The molecule has 0 atom stereocenters. The van der Waals surface area contributed by atoms with Gasteiger partial charge in [-0.15, -0.1) is 0 Å². The smallest absolute Gasteiger partial charge is 0.251 e. The van der Waals surface area contributed by atoms with E-state index in [9.17, 15) is 4.79 Å². The van der Waals surface area contributed by atoms with E-state index in [1.165, 1.54) is 0 Å². The third-order valence-electron chi connectivity index (χ3n) is 5.37. The monoisotopic (exact) mass is 445 g/mol. The molecule has 0 aliphatic carbocycles. The van der Waals surface area contributed by atoms with E-state index in [1.54, 1.807) is 12.1 Å². The lowest BCUT2D eigenvalue weighted by Gasteiger charge is -2.12. The third-order valence-corrected chi connectivity index (χ3v) is 5.69. The SMILES string of the molecule is Cc1cc(C(=O)NCc2c(C)cc(N)nc2C)cc(Cc2nc3ccccc3cc2Cl)n1. The number of carbonyl (C=O) groups excluding carboxylic acids is 1. The van der Waals surface area contributed by atoms with Crippen LogP contribution in [0.25, 0.3) is 10.9 Å². The van der Waals surface area contributed by atoms with E-state index in [2.05, 4.69) is 20.3 Å². The number of fused-ring (bicyclic) bond motifs is 1. The number of aromatic nitrogens is 3. The number of hydrogen-bond acceptors (Lipinski definition) is 5. The van der Waals surface area contributed by atoms with Gasteiger partial charge in [-0.1, -0.05) is 29.8 Å². The number of para-hydroxylation sites is 1. The second-order valence-corrected chi connectivity index (χ2v) is 8.29. The topological polar surface area (TPSA) is 93.8 Å². The number of nitrogens with zero attached hydrogens (tertiary/aromatic N) is 3. The number of hydrogen-bond donors (Lipinski definition) is 2. The lowest BCUT2D eigenvalue weighted by molar-refractivity contribution is 0.0950. The van der Waals surface area contributed by atoms with Gasteiger partial charge in [0.15, 0.2) is 0 Å². The summed E-state index contributed by atoms with van der Waals surface area (Å²) in [6.45, 7) is 6.09. The Labute approximate surface area is 191 Å². The maximum Gasteiger partial charge on any atom is 0.251 e. The first-order valence-electron chi connectivity index (χ1n) is 10.3. The van der Waals surface area contributed by atoms with Crippen molar-refractivity contribution in [3.63, 3.8) is 0 Å². The van der Waals surface area contributed by atoms with Crippen molar-refractivity contribution in [2.75, 3.05) is 5.73 Å². The molecule has 7 heteroatoms. The summed E-state index contributed by atoms with van der Waals surface area (Å²) in [6, 6.07) is 15.1. The van der Waals surface area contributed by atoms with Crippen LogP contribution in [0.4, 0.5) is 5.82 Å². The van der Waals surface area contributed by atoms with Crippen molar-refractivity contribution in [1.29, 1.82) is 0 Å². The summed E-state index contributed by atoms with van der Waals surface area (Å²) in [6.07, 6.45) is 0.436. The minimum Gasteiger partial charge on any atom is -0.384 e. The lowest BCUT2D eigenvalue weighted by Crippen LogP contribution is -2.24. The highest BCUT2D eigenvalue weighted by molar-refractivity contribution is 6.31.